The number of carbonyl (C=O) groups excluding carboxylic acids is 5. The number of carboxylic acids is 1. The van der Waals surface area contributed by atoms with Gasteiger partial charge in [-0.25, -0.2) is 9.59 Å². The van der Waals surface area contributed by atoms with Gasteiger partial charge in [-0.2, -0.15) is 0 Å². The third-order valence-corrected chi connectivity index (χ3v) is 6.80. The molecule has 0 radical (unpaired) electrons. The molecule has 0 aromatic heterocycles. The number of phenolic OH excluding ortho intramolecular Hbond substituents is 6. The minimum Gasteiger partial charge on any atom is -0.504 e. The van der Waals surface area contributed by atoms with Gasteiger partial charge in [0, 0.05) is 6.42 Å². The predicted octanol–water partition coefficient (Wildman–Crippen LogP) is -0.130. The second-order valence-corrected chi connectivity index (χ2v) is 10.2. The fourth-order valence-electron chi connectivity index (χ4n) is 4.11. The molecule has 0 bridgehead atoms. The number of ketones is 1. The first kappa shape index (κ1) is 36.9. The molecule has 3 aromatic rings. The summed E-state index contributed by atoms with van der Waals surface area (Å²) in [5, 5.41) is 82.2. The summed E-state index contributed by atoms with van der Waals surface area (Å²) in [6.07, 6.45) is -0.736. The lowest BCUT2D eigenvalue weighted by Crippen LogP contribution is -2.49. The van der Waals surface area contributed by atoms with Gasteiger partial charge in [0.25, 0.3) is 11.8 Å². The summed E-state index contributed by atoms with van der Waals surface area (Å²) in [7, 11) is 0. The topological polar surface area (TPSA) is 307 Å². The highest BCUT2D eigenvalue weighted by Gasteiger charge is 2.32. The number of rotatable bonds is 15. The van der Waals surface area contributed by atoms with E-state index in [0.29, 0.717) is 0 Å². The third kappa shape index (κ3) is 9.26. The van der Waals surface area contributed by atoms with Crippen LogP contribution < -0.4 is 10.6 Å². The van der Waals surface area contributed by atoms with Crippen LogP contribution in [0.5, 0.6) is 34.5 Å². The van der Waals surface area contributed by atoms with E-state index in [1.807, 2.05) is 5.32 Å². The summed E-state index contributed by atoms with van der Waals surface area (Å²) in [5.41, 5.74) is -1.43. The molecule has 3 aromatic carbocycles. The Bertz CT molecular complexity index is 1760. The summed E-state index contributed by atoms with van der Waals surface area (Å²) < 4.78 is 9.99. The van der Waals surface area contributed by atoms with E-state index in [1.54, 1.807) is 0 Å². The van der Waals surface area contributed by atoms with E-state index in [1.165, 1.54) is 18.2 Å². The molecule has 0 saturated carbocycles. The molecule has 0 saturated heterocycles. The molecule has 0 aliphatic heterocycles. The molecule has 0 aliphatic rings. The van der Waals surface area contributed by atoms with Crippen LogP contribution >= 0.6 is 0 Å². The number of amides is 2. The van der Waals surface area contributed by atoms with E-state index in [9.17, 15) is 69.6 Å². The monoisotopic (exact) mass is 686 g/mol. The maximum Gasteiger partial charge on any atom is 0.332 e. The number of aromatic hydroxyl groups is 6. The zero-order chi connectivity index (χ0) is 36.4. The highest BCUT2D eigenvalue weighted by atomic mass is 16.6. The molecule has 0 unspecified atom stereocenters. The number of hydrogen-bond donors (Lipinski definition) is 10. The van der Waals surface area contributed by atoms with Crippen LogP contribution in [0.15, 0.2) is 54.6 Å². The molecule has 0 aliphatic carbocycles. The van der Waals surface area contributed by atoms with E-state index in [0.717, 1.165) is 36.4 Å². The number of hydrogen-bond acceptors (Lipinski definition) is 15. The predicted molar refractivity (Wildman–Crippen MR) is 161 cm³/mol. The molecule has 10 N–H and O–H groups in total. The summed E-state index contributed by atoms with van der Waals surface area (Å²) in [4.78, 5) is 75.7. The van der Waals surface area contributed by atoms with Crippen LogP contribution in [0.2, 0.25) is 0 Å². The highest BCUT2D eigenvalue weighted by molar-refractivity contribution is 6.02. The Balaban J connectivity index is 1.76. The van der Waals surface area contributed by atoms with Gasteiger partial charge < -0.3 is 61.0 Å². The number of aliphatic hydroxyl groups excluding tert-OH is 1. The molecule has 260 valence electrons. The molecule has 49 heavy (non-hydrogen) atoms. The molecular formula is C31H30N2O16. The number of aliphatic hydroxyl groups is 1. The Labute approximate surface area is 275 Å². The van der Waals surface area contributed by atoms with Gasteiger partial charge in [0.05, 0.1) is 29.2 Å². The smallest absolute Gasteiger partial charge is 0.332 e. The van der Waals surface area contributed by atoms with Crippen LogP contribution in [0.4, 0.5) is 0 Å². The number of phenols is 6. The summed E-state index contributed by atoms with van der Waals surface area (Å²) in [5.74, 6) is -13.8. The maximum atomic E-state index is 13.1. The minimum atomic E-state index is -1.95. The first-order valence-electron chi connectivity index (χ1n) is 14.0. The zero-order valence-electron chi connectivity index (χ0n) is 25.1. The van der Waals surface area contributed by atoms with Crippen molar-refractivity contribution in [2.75, 3.05) is 19.8 Å². The van der Waals surface area contributed by atoms with E-state index in [-0.39, 0.29) is 5.56 Å². The van der Waals surface area contributed by atoms with E-state index >= 15 is 0 Å². The number of nitrogens with one attached hydrogen (secondary N) is 2. The van der Waals surface area contributed by atoms with Crippen molar-refractivity contribution in [2.45, 2.75) is 18.5 Å². The van der Waals surface area contributed by atoms with Gasteiger partial charge in [-0.05, 0) is 36.4 Å². The van der Waals surface area contributed by atoms with Crippen molar-refractivity contribution in [2.24, 2.45) is 5.92 Å². The van der Waals surface area contributed by atoms with Crippen molar-refractivity contribution in [3.63, 3.8) is 0 Å². The number of carboxylic acid groups (broad SMARTS) is 1. The van der Waals surface area contributed by atoms with Crippen LogP contribution in [-0.2, 0) is 23.9 Å². The molecular weight excluding hydrogens is 656 g/mol. The van der Waals surface area contributed by atoms with E-state index in [2.05, 4.69) is 5.32 Å². The van der Waals surface area contributed by atoms with E-state index < -0.39 is 125 Å². The van der Waals surface area contributed by atoms with Crippen molar-refractivity contribution in [3.8, 4) is 34.5 Å². The quantitative estimate of drug-likeness (QED) is 0.0565. The van der Waals surface area contributed by atoms with Gasteiger partial charge in [0.2, 0.25) is 0 Å². The van der Waals surface area contributed by atoms with Crippen LogP contribution in [0.25, 0.3) is 0 Å². The Morgan fingerprint density at radius 3 is 1.47 bits per heavy atom. The van der Waals surface area contributed by atoms with Gasteiger partial charge in [0.1, 0.15) is 13.2 Å². The average Bonchev–Trinajstić information content (AvgIpc) is 3.06. The first-order valence-corrected chi connectivity index (χ1v) is 14.0. The lowest BCUT2D eigenvalue weighted by atomic mass is 9.98. The number of esters is 2. The van der Waals surface area contributed by atoms with Crippen LogP contribution in [0, 0.1) is 5.92 Å². The Kier molecular flexibility index (Phi) is 12.3. The molecule has 3 rings (SSSR count). The number of ether oxygens (including phenoxy) is 2. The van der Waals surface area contributed by atoms with Crippen molar-refractivity contribution >= 4 is 35.5 Å². The van der Waals surface area contributed by atoms with Crippen molar-refractivity contribution in [1.29, 1.82) is 0 Å². The number of aliphatic carboxylic acids is 1. The van der Waals surface area contributed by atoms with Gasteiger partial charge in [-0.1, -0.05) is 18.2 Å². The van der Waals surface area contributed by atoms with Gasteiger partial charge in [-0.15, -0.1) is 0 Å². The van der Waals surface area contributed by atoms with Gasteiger partial charge in [0.15, 0.2) is 52.4 Å². The molecule has 18 nitrogen and oxygen atoms in total. The van der Waals surface area contributed by atoms with E-state index in [4.69, 9.17) is 9.47 Å². The molecule has 0 heterocycles. The fourth-order valence-corrected chi connectivity index (χ4v) is 4.11. The van der Waals surface area contributed by atoms with Crippen LogP contribution in [0.3, 0.4) is 0 Å². The number of para-hydroxylation sites is 3. The number of Topliss-reactive ketones (excluding diaryl/α,β-unsaturated/α-hetero) is 1. The molecule has 0 fully saturated rings. The van der Waals surface area contributed by atoms with Crippen molar-refractivity contribution < 1.29 is 79.1 Å². The summed E-state index contributed by atoms with van der Waals surface area (Å²) >= 11 is 0. The van der Waals surface area contributed by atoms with Crippen LogP contribution in [-0.4, -0.2) is 108 Å². The molecule has 18 heteroatoms. The molecule has 0 spiro atoms. The van der Waals surface area contributed by atoms with Gasteiger partial charge in [-0.3, -0.25) is 19.2 Å². The fraction of sp³-hybridized carbons (Fsp3) is 0.226. The average molecular weight is 687 g/mol. The minimum absolute atomic E-state index is 0.370. The Morgan fingerprint density at radius 2 is 1.00 bits per heavy atom. The largest absolute Gasteiger partial charge is 0.504 e. The summed E-state index contributed by atoms with van der Waals surface area (Å²) in [6.45, 7) is -3.10. The lowest BCUT2D eigenvalue weighted by Gasteiger charge is -2.21. The maximum absolute atomic E-state index is 13.1. The highest BCUT2D eigenvalue weighted by Crippen LogP contribution is 2.31. The second kappa shape index (κ2) is 16.3. The van der Waals surface area contributed by atoms with Crippen LogP contribution in [0.1, 0.15) is 37.5 Å². The Morgan fingerprint density at radius 1 is 0.592 bits per heavy atom. The standard InChI is InChI=1S/C31H30N2O16/c34-11-14(10-23(38)15-4-1-7-20(35)24(15)39)30(46)48-13-19(33-28(43)17-6-3-9-22(37)26(17)41)31(47)49-12-18(29(44)45)32-27(42)16-5-2-8-21(36)25(16)40/h1-9,14,18-19,34-37,39-41H,10-13H2,(H,32,42)(H,33,43)(H,44,45)/t14-,18-,19-/m0/s1. The third-order valence-electron chi connectivity index (χ3n) is 6.80. The lowest BCUT2D eigenvalue weighted by molar-refractivity contribution is -0.156. The van der Waals surface area contributed by atoms with Crippen molar-refractivity contribution in [3.05, 3.63) is 71.3 Å². The number of benzene rings is 3. The van der Waals surface area contributed by atoms with Crippen molar-refractivity contribution in [1.82, 2.24) is 10.6 Å². The zero-order valence-corrected chi connectivity index (χ0v) is 25.1. The normalized spacial score (nSPS) is 12.5. The molecule has 2 amide bonds. The SMILES string of the molecule is O=C(C[C@@H](CO)C(=O)OC[C@H](NC(=O)c1cccc(O)c1O)C(=O)OC[C@H](NC(=O)c1cccc(O)c1O)C(=O)O)c1cccc(O)c1O. The number of carbonyl (C=O) groups is 6. The second-order valence-electron chi connectivity index (χ2n) is 10.2. The first-order chi connectivity index (χ1) is 23.2. The van der Waals surface area contributed by atoms with Gasteiger partial charge >= 0.3 is 17.9 Å². The summed E-state index contributed by atoms with van der Waals surface area (Å²) in [6, 6.07) is 6.16. The molecule has 3 atom stereocenters. The Hall–Kier alpha value is -6.56.